The van der Waals surface area contributed by atoms with Gasteiger partial charge in [-0.25, -0.2) is 4.39 Å². The number of rotatable bonds is 8. The van der Waals surface area contributed by atoms with Crippen molar-refractivity contribution in [3.05, 3.63) is 35.6 Å². The van der Waals surface area contributed by atoms with Gasteiger partial charge in [0.15, 0.2) is 0 Å². The maximum absolute atomic E-state index is 13.1. The van der Waals surface area contributed by atoms with Gasteiger partial charge in [0.25, 0.3) is 0 Å². The maximum atomic E-state index is 13.1. The van der Waals surface area contributed by atoms with Crippen LogP contribution in [0.3, 0.4) is 0 Å². The molecule has 2 amide bonds. The molecule has 0 aliphatic carbocycles. The molecule has 0 saturated carbocycles. The molecule has 0 saturated heterocycles. The van der Waals surface area contributed by atoms with Crippen molar-refractivity contribution in [2.45, 2.75) is 53.6 Å². The van der Waals surface area contributed by atoms with Crippen LogP contribution in [0.2, 0.25) is 0 Å². The average molecular weight is 336 g/mol. The molecule has 5 heteroatoms. The summed E-state index contributed by atoms with van der Waals surface area (Å²) in [7, 11) is 0. The molecule has 24 heavy (non-hydrogen) atoms. The van der Waals surface area contributed by atoms with Crippen molar-refractivity contribution < 1.29 is 14.0 Å². The zero-order valence-electron chi connectivity index (χ0n) is 15.3. The number of carbonyl (C=O) groups is 2. The van der Waals surface area contributed by atoms with E-state index in [1.807, 2.05) is 13.8 Å². The third-order valence-corrected chi connectivity index (χ3v) is 3.91. The van der Waals surface area contributed by atoms with Crippen LogP contribution in [0.25, 0.3) is 0 Å². The monoisotopic (exact) mass is 336 g/mol. The fourth-order valence-electron chi connectivity index (χ4n) is 2.30. The summed E-state index contributed by atoms with van der Waals surface area (Å²) in [6, 6.07) is 5.43. The average Bonchev–Trinajstić information content (AvgIpc) is 2.52. The summed E-state index contributed by atoms with van der Waals surface area (Å²) >= 11 is 0. The zero-order chi connectivity index (χ0) is 18.3. The molecule has 1 atom stereocenters. The predicted molar refractivity (Wildman–Crippen MR) is 93.7 cm³/mol. The third kappa shape index (κ3) is 6.30. The van der Waals surface area contributed by atoms with Crippen LogP contribution >= 0.6 is 0 Å². The minimum absolute atomic E-state index is 0.0918. The lowest BCUT2D eigenvalue weighted by Gasteiger charge is -2.30. The largest absolute Gasteiger partial charge is 0.354 e. The van der Waals surface area contributed by atoms with E-state index in [-0.39, 0.29) is 30.1 Å². The Bertz CT molecular complexity index is 541. The summed E-state index contributed by atoms with van der Waals surface area (Å²) in [6.07, 6.45) is 0.897. The van der Waals surface area contributed by atoms with E-state index in [1.54, 1.807) is 24.0 Å². The Labute approximate surface area is 144 Å². The molecule has 0 heterocycles. The molecule has 1 rings (SSSR count). The van der Waals surface area contributed by atoms with E-state index < -0.39 is 6.04 Å². The first-order valence-corrected chi connectivity index (χ1v) is 8.55. The Morgan fingerprint density at radius 3 is 2.17 bits per heavy atom. The lowest BCUT2D eigenvalue weighted by atomic mass is 10.1. The first-order chi connectivity index (χ1) is 11.2. The molecule has 1 unspecified atom stereocenters. The summed E-state index contributed by atoms with van der Waals surface area (Å²) in [5, 5.41) is 2.89. The lowest BCUT2D eigenvalue weighted by Crippen LogP contribution is -2.49. The van der Waals surface area contributed by atoms with Crippen molar-refractivity contribution in [1.29, 1.82) is 0 Å². The quantitative estimate of drug-likeness (QED) is 0.791. The molecule has 1 aromatic carbocycles. The van der Waals surface area contributed by atoms with Gasteiger partial charge in [-0.15, -0.1) is 0 Å². The van der Waals surface area contributed by atoms with Crippen LogP contribution in [0, 0.1) is 17.7 Å². The summed E-state index contributed by atoms with van der Waals surface area (Å²) in [6.45, 7) is 10.4. The number of nitrogens with zero attached hydrogens (tertiary/aromatic N) is 1. The van der Waals surface area contributed by atoms with Crippen LogP contribution in [0.1, 0.15) is 46.6 Å². The molecule has 4 nitrogen and oxygen atoms in total. The zero-order valence-corrected chi connectivity index (χ0v) is 15.3. The number of hydrogen-bond donors (Lipinski definition) is 1. The van der Waals surface area contributed by atoms with Crippen molar-refractivity contribution >= 4 is 11.8 Å². The van der Waals surface area contributed by atoms with E-state index in [0.29, 0.717) is 12.5 Å². The topological polar surface area (TPSA) is 49.4 Å². The molecular weight excluding hydrogens is 307 g/mol. The van der Waals surface area contributed by atoms with Crippen LogP contribution in [0.15, 0.2) is 24.3 Å². The molecule has 0 bridgehead atoms. The van der Waals surface area contributed by atoms with Gasteiger partial charge in [-0.05, 0) is 37.0 Å². The molecule has 0 radical (unpaired) electrons. The van der Waals surface area contributed by atoms with Crippen LogP contribution < -0.4 is 5.32 Å². The second-order valence-corrected chi connectivity index (χ2v) is 6.90. The Kier molecular flexibility index (Phi) is 7.89. The van der Waals surface area contributed by atoms with Crippen molar-refractivity contribution in [3.63, 3.8) is 0 Å². The molecule has 0 aromatic heterocycles. The number of hydrogen-bond acceptors (Lipinski definition) is 2. The van der Waals surface area contributed by atoms with E-state index in [0.717, 1.165) is 12.0 Å². The number of amides is 2. The first-order valence-electron chi connectivity index (χ1n) is 8.55. The minimum Gasteiger partial charge on any atom is -0.354 e. The van der Waals surface area contributed by atoms with Gasteiger partial charge in [0.05, 0.1) is 0 Å². The van der Waals surface area contributed by atoms with E-state index in [2.05, 4.69) is 19.2 Å². The number of benzene rings is 1. The van der Waals surface area contributed by atoms with E-state index >= 15 is 0 Å². The van der Waals surface area contributed by atoms with Gasteiger partial charge in [0, 0.05) is 19.0 Å². The second-order valence-electron chi connectivity index (χ2n) is 6.90. The number of nitrogens with one attached hydrogen (secondary N) is 1. The second kappa shape index (κ2) is 9.40. The van der Waals surface area contributed by atoms with Crippen molar-refractivity contribution in [1.82, 2.24) is 10.2 Å². The van der Waals surface area contributed by atoms with Crippen LogP contribution in [-0.4, -0.2) is 29.3 Å². The van der Waals surface area contributed by atoms with Gasteiger partial charge < -0.3 is 10.2 Å². The highest BCUT2D eigenvalue weighted by atomic mass is 19.1. The van der Waals surface area contributed by atoms with E-state index in [9.17, 15) is 14.0 Å². The minimum atomic E-state index is -0.572. The Hall–Kier alpha value is -1.91. The van der Waals surface area contributed by atoms with Gasteiger partial charge in [-0.2, -0.15) is 0 Å². The Balaban J connectivity index is 2.82. The smallest absolute Gasteiger partial charge is 0.242 e. The standard InChI is InChI=1S/C19H29FN2O2/c1-13(2)10-11-21-18(23)15(5)22(19(24)14(3)4)12-16-6-8-17(20)9-7-16/h6-9,13-15H,10-12H2,1-5H3,(H,21,23). The van der Waals surface area contributed by atoms with Crippen LogP contribution in [0.5, 0.6) is 0 Å². The van der Waals surface area contributed by atoms with E-state index in [4.69, 9.17) is 0 Å². The van der Waals surface area contributed by atoms with Gasteiger partial charge >= 0.3 is 0 Å². The summed E-state index contributed by atoms with van der Waals surface area (Å²) < 4.78 is 13.1. The first kappa shape index (κ1) is 20.1. The number of halogens is 1. The molecule has 0 spiro atoms. The molecule has 1 N–H and O–H groups in total. The van der Waals surface area contributed by atoms with Gasteiger partial charge in [-0.3, -0.25) is 9.59 Å². The van der Waals surface area contributed by atoms with Gasteiger partial charge in [0.2, 0.25) is 11.8 Å². The summed E-state index contributed by atoms with van der Waals surface area (Å²) in [4.78, 5) is 26.4. The molecule has 1 aromatic rings. The van der Waals surface area contributed by atoms with Crippen molar-refractivity contribution in [3.8, 4) is 0 Å². The Morgan fingerprint density at radius 1 is 1.08 bits per heavy atom. The fraction of sp³-hybridized carbons (Fsp3) is 0.579. The lowest BCUT2D eigenvalue weighted by molar-refractivity contribution is -0.143. The van der Waals surface area contributed by atoms with Crippen molar-refractivity contribution in [2.75, 3.05) is 6.54 Å². The highest BCUT2D eigenvalue weighted by molar-refractivity contribution is 5.88. The Morgan fingerprint density at radius 2 is 1.67 bits per heavy atom. The van der Waals surface area contributed by atoms with Gasteiger partial charge in [0.1, 0.15) is 11.9 Å². The predicted octanol–water partition coefficient (Wildman–Crippen LogP) is 3.36. The third-order valence-electron chi connectivity index (χ3n) is 3.91. The summed E-state index contributed by atoms with van der Waals surface area (Å²) in [5.74, 6) is -0.276. The molecule has 0 aliphatic rings. The molecule has 0 aliphatic heterocycles. The molecule has 134 valence electrons. The normalized spacial score (nSPS) is 12.3. The molecule has 0 fully saturated rings. The van der Waals surface area contributed by atoms with Crippen LogP contribution in [0.4, 0.5) is 4.39 Å². The molecular formula is C19H29FN2O2. The van der Waals surface area contributed by atoms with E-state index in [1.165, 1.54) is 12.1 Å². The van der Waals surface area contributed by atoms with Gasteiger partial charge in [-0.1, -0.05) is 39.8 Å². The highest BCUT2D eigenvalue weighted by Crippen LogP contribution is 2.14. The SMILES string of the molecule is CC(C)CCNC(=O)C(C)N(Cc1ccc(F)cc1)C(=O)C(C)C. The highest BCUT2D eigenvalue weighted by Gasteiger charge is 2.27. The number of carbonyl (C=O) groups excluding carboxylic acids is 2. The maximum Gasteiger partial charge on any atom is 0.242 e. The summed E-state index contributed by atoms with van der Waals surface area (Å²) in [5.41, 5.74) is 0.798. The van der Waals surface area contributed by atoms with Crippen molar-refractivity contribution in [2.24, 2.45) is 11.8 Å². The van der Waals surface area contributed by atoms with Crippen LogP contribution in [-0.2, 0) is 16.1 Å². The fourth-order valence-corrected chi connectivity index (χ4v) is 2.30.